The van der Waals surface area contributed by atoms with Gasteiger partial charge in [0.15, 0.2) is 0 Å². The van der Waals surface area contributed by atoms with E-state index in [1.807, 2.05) is 18.2 Å². The molecule has 0 spiro atoms. The van der Waals surface area contributed by atoms with Crippen molar-refractivity contribution in [3.63, 3.8) is 0 Å². The lowest BCUT2D eigenvalue weighted by atomic mass is 9.96. The fourth-order valence-electron chi connectivity index (χ4n) is 1.82. The number of halogens is 2. The molecule has 0 aromatic heterocycles. The lowest BCUT2D eigenvalue weighted by Crippen LogP contribution is -2.21. The minimum atomic E-state index is -1.10. The van der Waals surface area contributed by atoms with Crippen LogP contribution in [0.2, 0.25) is 0 Å². The first kappa shape index (κ1) is 9.97. The lowest BCUT2D eigenvalue weighted by Gasteiger charge is -2.17. The summed E-state index contributed by atoms with van der Waals surface area (Å²) in [7, 11) is 0. The molecule has 1 aromatic carbocycles. The van der Waals surface area contributed by atoms with Crippen molar-refractivity contribution >= 4 is 21.6 Å². The van der Waals surface area contributed by atoms with Crippen molar-refractivity contribution in [3.8, 4) is 0 Å². The summed E-state index contributed by atoms with van der Waals surface area (Å²) >= 11 is 3.46. The number of nitrogens with one attached hydrogen (secondary N) is 1. The van der Waals surface area contributed by atoms with Crippen LogP contribution in [0.25, 0.3) is 0 Å². The third-order valence-corrected chi connectivity index (χ3v) is 3.37. The van der Waals surface area contributed by atoms with E-state index >= 15 is 0 Å². The van der Waals surface area contributed by atoms with Gasteiger partial charge in [-0.05, 0) is 31.0 Å². The maximum Gasteiger partial charge on any atom is 0.114 e. The Kier molecular flexibility index (Phi) is 2.52. The van der Waals surface area contributed by atoms with Crippen LogP contribution < -0.4 is 5.32 Å². The molecule has 14 heavy (non-hydrogen) atoms. The fraction of sp³-hybridized carbons (Fsp3) is 0.455. The number of fused-ring (bicyclic) bond motifs is 1. The molecule has 1 atom stereocenters. The zero-order valence-corrected chi connectivity index (χ0v) is 9.70. The van der Waals surface area contributed by atoms with Gasteiger partial charge in [0, 0.05) is 23.1 Å². The Labute approximate surface area is 91.8 Å². The molecule has 0 amide bonds. The van der Waals surface area contributed by atoms with Crippen molar-refractivity contribution in [1.82, 2.24) is 0 Å². The molecule has 1 heterocycles. The average Bonchev–Trinajstić information content (AvgIpc) is 2.24. The Bertz CT molecular complexity index is 349. The molecular formula is C11H13BrFN. The fourth-order valence-corrected chi connectivity index (χ4v) is 2.33. The quantitative estimate of drug-likeness (QED) is 0.750. The van der Waals surface area contributed by atoms with Crippen LogP contribution in [-0.4, -0.2) is 12.2 Å². The summed E-state index contributed by atoms with van der Waals surface area (Å²) < 4.78 is 14.9. The summed E-state index contributed by atoms with van der Waals surface area (Å²) in [5.74, 6) is 0. The van der Waals surface area contributed by atoms with Crippen molar-refractivity contribution in [2.75, 3.05) is 11.9 Å². The van der Waals surface area contributed by atoms with E-state index < -0.39 is 5.67 Å². The monoisotopic (exact) mass is 257 g/mol. The van der Waals surface area contributed by atoms with Crippen LogP contribution in [0.1, 0.15) is 18.9 Å². The third kappa shape index (κ3) is 1.92. The van der Waals surface area contributed by atoms with Gasteiger partial charge in [0.2, 0.25) is 0 Å². The van der Waals surface area contributed by atoms with E-state index in [9.17, 15) is 4.39 Å². The van der Waals surface area contributed by atoms with E-state index in [0.29, 0.717) is 19.4 Å². The normalized spacial score (nSPS) is 26.2. The Morgan fingerprint density at radius 3 is 3.07 bits per heavy atom. The standard InChI is InChI=1S/C11H13BrFN/c1-11(13)5-6-14-10-4-2-3-9(12)8(10)7-11/h2-4,14H,5-7H2,1H3. The molecule has 1 nitrogen and oxygen atoms in total. The first-order valence-electron chi connectivity index (χ1n) is 4.79. The van der Waals surface area contributed by atoms with E-state index in [4.69, 9.17) is 0 Å². The van der Waals surface area contributed by atoms with Crippen molar-refractivity contribution < 1.29 is 4.39 Å². The second-order valence-corrected chi connectivity index (χ2v) is 4.89. The van der Waals surface area contributed by atoms with Crippen molar-refractivity contribution in [2.45, 2.75) is 25.4 Å². The summed E-state index contributed by atoms with van der Waals surface area (Å²) in [5, 5.41) is 3.25. The molecular weight excluding hydrogens is 245 g/mol. The van der Waals surface area contributed by atoms with Gasteiger partial charge in [0.25, 0.3) is 0 Å². The van der Waals surface area contributed by atoms with Gasteiger partial charge in [-0.1, -0.05) is 22.0 Å². The Morgan fingerprint density at radius 2 is 2.29 bits per heavy atom. The SMILES string of the molecule is CC1(F)CCNc2cccc(Br)c2C1. The molecule has 0 saturated heterocycles. The molecule has 1 N–H and O–H groups in total. The zero-order chi connectivity index (χ0) is 10.2. The molecule has 0 fully saturated rings. The molecule has 1 aliphatic heterocycles. The van der Waals surface area contributed by atoms with Crippen LogP contribution in [0.5, 0.6) is 0 Å². The molecule has 0 saturated carbocycles. The van der Waals surface area contributed by atoms with Crippen LogP contribution in [0.4, 0.5) is 10.1 Å². The minimum Gasteiger partial charge on any atom is -0.385 e. The van der Waals surface area contributed by atoms with Gasteiger partial charge in [0.05, 0.1) is 0 Å². The predicted octanol–water partition coefficient (Wildman–Crippen LogP) is 3.54. The number of anilines is 1. The lowest BCUT2D eigenvalue weighted by molar-refractivity contribution is 0.183. The van der Waals surface area contributed by atoms with Crippen LogP contribution in [0.3, 0.4) is 0 Å². The number of alkyl halides is 1. The summed E-state index contributed by atoms with van der Waals surface area (Å²) in [6, 6.07) is 5.93. The molecule has 1 aromatic rings. The molecule has 0 bridgehead atoms. The average molecular weight is 258 g/mol. The van der Waals surface area contributed by atoms with Gasteiger partial charge in [-0.15, -0.1) is 0 Å². The number of benzene rings is 1. The Balaban J connectivity index is 2.43. The first-order valence-corrected chi connectivity index (χ1v) is 5.58. The second-order valence-electron chi connectivity index (χ2n) is 4.03. The Hall–Kier alpha value is -0.570. The highest BCUT2D eigenvalue weighted by atomic mass is 79.9. The molecule has 1 aliphatic rings. The van der Waals surface area contributed by atoms with Crippen molar-refractivity contribution in [3.05, 3.63) is 28.2 Å². The van der Waals surface area contributed by atoms with Crippen molar-refractivity contribution in [2.24, 2.45) is 0 Å². The number of rotatable bonds is 0. The van der Waals surface area contributed by atoms with Crippen molar-refractivity contribution in [1.29, 1.82) is 0 Å². The summed E-state index contributed by atoms with van der Waals surface area (Å²) in [6.07, 6.45) is 1.05. The molecule has 0 radical (unpaired) electrons. The molecule has 3 heteroatoms. The van der Waals surface area contributed by atoms with E-state index in [1.54, 1.807) is 6.92 Å². The highest BCUT2D eigenvalue weighted by molar-refractivity contribution is 9.10. The van der Waals surface area contributed by atoms with Crippen LogP contribution in [0, 0.1) is 0 Å². The molecule has 0 aliphatic carbocycles. The molecule has 76 valence electrons. The van der Waals surface area contributed by atoms with Crippen LogP contribution >= 0.6 is 15.9 Å². The summed E-state index contributed by atoms with van der Waals surface area (Å²) in [4.78, 5) is 0. The van der Waals surface area contributed by atoms with Gasteiger partial charge >= 0.3 is 0 Å². The Morgan fingerprint density at radius 1 is 1.50 bits per heavy atom. The molecule has 2 rings (SSSR count). The summed E-state index contributed by atoms with van der Waals surface area (Å²) in [5.41, 5.74) is 1.01. The van der Waals surface area contributed by atoms with E-state index in [0.717, 1.165) is 15.7 Å². The largest absolute Gasteiger partial charge is 0.385 e. The van der Waals surface area contributed by atoms with Gasteiger partial charge in [0.1, 0.15) is 5.67 Å². The van der Waals surface area contributed by atoms with Gasteiger partial charge in [-0.3, -0.25) is 0 Å². The second kappa shape index (κ2) is 3.54. The molecule has 1 unspecified atom stereocenters. The maximum atomic E-state index is 13.9. The van der Waals surface area contributed by atoms with Crippen LogP contribution in [-0.2, 0) is 6.42 Å². The van der Waals surface area contributed by atoms with Gasteiger partial charge in [-0.2, -0.15) is 0 Å². The summed E-state index contributed by atoms with van der Waals surface area (Å²) in [6.45, 7) is 2.37. The topological polar surface area (TPSA) is 12.0 Å². The van der Waals surface area contributed by atoms with Gasteiger partial charge in [-0.25, -0.2) is 4.39 Å². The minimum absolute atomic E-state index is 0.483. The van der Waals surface area contributed by atoms with E-state index in [2.05, 4.69) is 21.2 Å². The third-order valence-electron chi connectivity index (χ3n) is 2.63. The number of hydrogen-bond acceptors (Lipinski definition) is 1. The highest BCUT2D eigenvalue weighted by Gasteiger charge is 2.28. The van der Waals surface area contributed by atoms with E-state index in [1.165, 1.54) is 0 Å². The zero-order valence-electron chi connectivity index (χ0n) is 8.11. The predicted molar refractivity (Wildman–Crippen MR) is 60.5 cm³/mol. The smallest absolute Gasteiger partial charge is 0.114 e. The van der Waals surface area contributed by atoms with Crippen LogP contribution in [0.15, 0.2) is 22.7 Å². The first-order chi connectivity index (χ1) is 6.58. The van der Waals surface area contributed by atoms with E-state index in [-0.39, 0.29) is 0 Å². The van der Waals surface area contributed by atoms with Gasteiger partial charge < -0.3 is 5.32 Å². The highest BCUT2D eigenvalue weighted by Crippen LogP contribution is 2.33. The maximum absolute atomic E-state index is 13.9. The number of hydrogen-bond donors (Lipinski definition) is 1.